The molecular formula is C16H19N3O3S. The van der Waals surface area contributed by atoms with Crippen molar-refractivity contribution in [2.75, 3.05) is 10.6 Å². The minimum Gasteiger partial charge on any atom is -0.506 e. The largest absolute Gasteiger partial charge is 0.506 e. The second-order valence-corrected chi connectivity index (χ2v) is 7.01. The quantitative estimate of drug-likeness (QED) is 0.751. The zero-order chi connectivity index (χ0) is 17.2. The number of nitrogens with one attached hydrogen (secondary N) is 2. The predicted octanol–water partition coefficient (Wildman–Crippen LogP) is 3.36. The van der Waals surface area contributed by atoms with E-state index in [0.717, 1.165) is 16.9 Å². The van der Waals surface area contributed by atoms with E-state index in [2.05, 4.69) is 15.6 Å². The van der Waals surface area contributed by atoms with Gasteiger partial charge in [-0.2, -0.15) is 0 Å². The fourth-order valence-corrected chi connectivity index (χ4v) is 2.61. The Hall–Kier alpha value is -2.41. The first-order chi connectivity index (χ1) is 10.7. The monoisotopic (exact) mass is 333 g/mol. The van der Waals surface area contributed by atoms with Crippen molar-refractivity contribution in [2.45, 2.75) is 33.1 Å². The van der Waals surface area contributed by atoms with E-state index in [1.165, 1.54) is 6.92 Å². The molecule has 0 saturated heterocycles. The van der Waals surface area contributed by atoms with E-state index in [1.807, 2.05) is 26.8 Å². The zero-order valence-electron chi connectivity index (χ0n) is 13.4. The van der Waals surface area contributed by atoms with Crippen LogP contribution in [0.25, 0.3) is 0 Å². The number of aromatic nitrogens is 1. The number of hydrogen-bond donors (Lipinski definition) is 3. The van der Waals surface area contributed by atoms with Crippen molar-refractivity contribution < 1.29 is 14.7 Å². The normalized spacial score (nSPS) is 11.1. The Bertz CT molecular complexity index is 747. The third kappa shape index (κ3) is 4.29. The van der Waals surface area contributed by atoms with E-state index in [9.17, 15) is 14.7 Å². The lowest BCUT2D eigenvalue weighted by molar-refractivity contribution is -0.114. The van der Waals surface area contributed by atoms with E-state index in [1.54, 1.807) is 17.5 Å². The first-order valence-electron chi connectivity index (χ1n) is 7.05. The summed E-state index contributed by atoms with van der Waals surface area (Å²) in [4.78, 5) is 27.3. The van der Waals surface area contributed by atoms with Crippen LogP contribution in [0.3, 0.4) is 0 Å². The number of thiazole rings is 1. The number of phenols is 1. The molecule has 0 fully saturated rings. The Balaban J connectivity index is 2.20. The van der Waals surface area contributed by atoms with Crippen molar-refractivity contribution >= 4 is 34.0 Å². The lowest BCUT2D eigenvalue weighted by Gasteiger charge is -2.20. The maximum absolute atomic E-state index is 12.2. The predicted molar refractivity (Wildman–Crippen MR) is 91.2 cm³/mol. The van der Waals surface area contributed by atoms with Crippen molar-refractivity contribution in [1.29, 1.82) is 0 Å². The number of carbonyl (C=O) groups is 2. The van der Waals surface area contributed by atoms with Gasteiger partial charge >= 0.3 is 0 Å². The highest BCUT2D eigenvalue weighted by Crippen LogP contribution is 2.31. The van der Waals surface area contributed by atoms with Gasteiger partial charge < -0.3 is 15.7 Å². The molecule has 0 bridgehead atoms. The fraction of sp³-hybridized carbons (Fsp3) is 0.312. The van der Waals surface area contributed by atoms with Crippen molar-refractivity contribution in [1.82, 2.24) is 4.98 Å². The summed E-state index contributed by atoms with van der Waals surface area (Å²) in [7, 11) is 0. The molecule has 0 saturated carbocycles. The Morgan fingerprint density at radius 2 is 1.91 bits per heavy atom. The average molecular weight is 333 g/mol. The summed E-state index contributed by atoms with van der Waals surface area (Å²) >= 11 is 1.16. The number of nitrogens with zero attached hydrogens (tertiary/aromatic N) is 1. The van der Waals surface area contributed by atoms with Crippen LogP contribution in [0.15, 0.2) is 23.6 Å². The highest BCUT2D eigenvalue weighted by molar-refractivity contribution is 7.14. The van der Waals surface area contributed by atoms with Crippen LogP contribution in [0.2, 0.25) is 0 Å². The Kier molecular flexibility index (Phi) is 4.70. The minimum atomic E-state index is -0.445. The molecule has 122 valence electrons. The molecule has 2 amide bonds. The molecule has 0 unspecified atom stereocenters. The molecular weight excluding hydrogens is 314 g/mol. The standard InChI is InChI=1S/C16H19N3O3S/c1-9(20)17-15-19-12(8-23-15)14(22)18-11-7-10(16(2,3)4)5-6-13(11)21/h5-8,21H,1-4H3,(H,18,22)(H,17,19,20). The maximum atomic E-state index is 12.2. The highest BCUT2D eigenvalue weighted by Gasteiger charge is 2.18. The van der Waals surface area contributed by atoms with E-state index in [0.29, 0.717) is 10.8 Å². The molecule has 0 atom stereocenters. The van der Waals surface area contributed by atoms with Crippen molar-refractivity contribution in [3.8, 4) is 5.75 Å². The van der Waals surface area contributed by atoms with Gasteiger partial charge in [0, 0.05) is 12.3 Å². The van der Waals surface area contributed by atoms with Crippen LogP contribution in [0.4, 0.5) is 10.8 Å². The van der Waals surface area contributed by atoms with Gasteiger partial charge in [0.05, 0.1) is 5.69 Å². The minimum absolute atomic E-state index is 0.0105. The van der Waals surface area contributed by atoms with E-state index < -0.39 is 5.91 Å². The van der Waals surface area contributed by atoms with E-state index in [4.69, 9.17) is 0 Å². The van der Waals surface area contributed by atoms with Gasteiger partial charge in [-0.1, -0.05) is 26.8 Å². The number of amides is 2. The summed E-state index contributed by atoms with van der Waals surface area (Å²) in [5.74, 6) is -0.704. The summed E-state index contributed by atoms with van der Waals surface area (Å²) in [5.41, 5.74) is 1.39. The van der Waals surface area contributed by atoms with Crippen LogP contribution < -0.4 is 10.6 Å². The number of hydrogen-bond acceptors (Lipinski definition) is 5. The van der Waals surface area contributed by atoms with Crippen LogP contribution >= 0.6 is 11.3 Å². The summed E-state index contributed by atoms with van der Waals surface area (Å²) in [6.07, 6.45) is 0. The van der Waals surface area contributed by atoms with Crippen molar-refractivity contribution in [3.05, 3.63) is 34.8 Å². The highest BCUT2D eigenvalue weighted by atomic mass is 32.1. The van der Waals surface area contributed by atoms with Crippen LogP contribution in [0, 0.1) is 0 Å². The topological polar surface area (TPSA) is 91.3 Å². The van der Waals surface area contributed by atoms with Crippen LogP contribution in [-0.2, 0) is 10.2 Å². The number of carbonyl (C=O) groups excluding carboxylic acids is 2. The Labute approximate surface area is 138 Å². The SMILES string of the molecule is CC(=O)Nc1nc(C(=O)Nc2cc(C(C)(C)C)ccc2O)cs1. The summed E-state index contributed by atoms with van der Waals surface area (Å²) in [6.45, 7) is 7.51. The lowest BCUT2D eigenvalue weighted by atomic mass is 9.87. The van der Waals surface area contributed by atoms with E-state index in [-0.39, 0.29) is 22.8 Å². The molecule has 7 heteroatoms. The van der Waals surface area contributed by atoms with Crippen molar-refractivity contribution in [2.24, 2.45) is 0 Å². The van der Waals surface area contributed by atoms with Gasteiger partial charge in [0.2, 0.25) is 5.91 Å². The molecule has 2 rings (SSSR count). The van der Waals surface area contributed by atoms with Gasteiger partial charge in [-0.15, -0.1) is 11.3 Å². The Morgan fingerprint density at radius 3 is 2.52 bits per heavy atom. The summed E-state index contributed by atoms with van der Waals surface area (Å²) in [5, 5.41) is 17.0. The van der Waals surface area contributed by atoms with Crippen LogP contribution in [0.1, 0.15) is 43.7 Å². The summed E-state index contributed by atoms with van der Waals surface area (Å²) < 4.78 is 0. The number of rotatable bonds is 3. The second kappa shape index (κ2) is 6.37. The first kappa shape index (κ1) is 17.0. The molecule has 0 aliphatic rings. The molecule has 2 aromatic rings. The van der Waals surface area contributed by atoms with E-state index >= 15 is 0 Å². The van der Waals surface area contributed by atoms with Gasteiger partial charge in [-0.25, -0.2) is 4.98 Å². The first-order valence-corrected chi connectivity index (χ1v) is 7.93. The molecule has 1 heterocycles. The molecule has 0 radical (unpaired) electrons. The number of aromatic hydroxyl groups is 1. The number of phenolic OH excluding ortho intramolecular Hbond substituents is 1. The number of anilines is 2. The summed E-state index contributed by atoms with van der Waals surface area (Å²) in [6, 6.07) is 5.12. The van der Waals surface area contributed by atoms with Crippen LogP contribution in [0.5, 0.6) is 5.75 Å². The molecule has 23 heavy (non-hydrogen) atoms. The number of benzene rings is 1. The molecule has 1 aromatic carbocycles. The maximum Gasteiger partial charge on any atom is 0.275 e. The van der Waals surface area contributed by atoms with Gasteiger partial charge in [0.15, 0.2) is 5.13 Å². The smallest absolute Gasteiger partial charge is 0.275 e. The zero-order valence-corrected chi connectivity index (χ0v) is 14.2. The molecule has 6 nitrogen and oxygen atoms in total. The molecule has 1 aromatic heterocycles. The van der Waals surface area contributed by atoms with Gasteiger partial charge in [-0.05, 0) is 23.1 Å². The average Bonchev–Trinajstić information content (AvgIpc) is 2.87. The molecule has 3 N–H and O–H groups in total. The Morgan fingerprint density at radius 1 is 1.22 bits per heavy atom. The van der Waals surface area contributed by atoms with Gasteiger partial charge in [0.25, 0.3) is 5.91 Å². The van der Waals surface area contributed by atoms with Gasteiger partial charge in [-0.3, -0.25) is 9.59 Å². The molecule has 0 aliphatic carbocycles. The second-order valence-electron chi connectivity index (χ2n) is 6.16. The van der Waals surface area contributed by atoms with Gasteiger partial charge in [0.1, 0.15) is 11.4 Å². The van der Waals surface area contributed by atoms with Crippen LogP contribution in [-0.4, -0.2) is 21.9 Å². The van der Waals surface area contributed by atoms with Crippen molar-refractivity contribution in [3.63, 3.8) is 0 Å². The third-order valence-electron chi connectivity index (χ3n) is 3.13. The molecule has 0 spiro atoms. The third-order valence-corrected chi connectivity index (χ3v) is 3.89. The molecule has 0 aliphatic heterocycles. The lowest BCUT2D eigenvalue weighted by Crippen LogP contribution is -2.15. The fourth-order valence-electron chi connectivity index (χ4n) is 1.88.